The van der Waals surface area contributed by atoms with Gasteiger partial charge in [-0.25, -0.2) is 14.0 Å². The highest BCUT2D eigenvalue weighted by Gasteiger charge is 2.70. The van der Waals surface area contributed by atoms with Crippen LogP contribution in [0.3, 0.4) is 0 Å². The number of ether oxygens (including phenoxy) is 2. The molecule has 9 nitrogen and oxygen atoms in total. The van der Waals surface area contributed by atoms with Gasteiger partial charge in [-0.15, -0.1) is 0 Å². The van der Waals surface area contributed by atoms with Gasteiger partial charge in [0.05, 0.1) is 23.7 Å². The van der Waals surface area contributed by atoms with Crippen LogP contribution in [0.1, 0.15) is 33.3 Å². The molecule has 2 unspecified atom stereocenters. The maximum Gasteiger partial charge on any atom is 0.414 e. The number of likely N-dealkylation sites (N-methyl/N-ethyl adjacent to an activating group) is 1. The highest BCUT2D eigenvalue weighted by atomic mass is 19.1. The average Bonchev–Trinajstić information content (AvgIpc) is 3.16. The van der Waals surface area contributed by atoms with Crippen molar-refractivity contribution in [2.24, 2.45) is 11.8 Å². The first-order valence-corrected chi connectivity index (χ1v) is 13.3. The van der Waals surface area contributed by atoms with Crippen molar-refractivity contribution >= 4 is 24.2 Å². The Morgan fingerprint density at radius 2 is 1.82 bits per heavy atom. The minimum atomic E-state index is -0.639. The van der Waals surface area contributed by atoms with E-state index in [0.29, 0.717) is 43.0 Å². The van der Waals surface area contributed by atoms with Crippen molar-refractivity contribution in [1.29, 1.82) is 5.26 Å². The van der Waals surface area contributed by atoms with E-state index in [1.807, 2.05) is 45.0 Å². The maximum absolute atomic E-state index is 15.1. The number of benzene rings is 2. The van der Waals surface area contributed by atoms with Crippen molar-refractivity contribution in [2.45, 2.75) is 44.8 Å². The first kappa shape index (κ1) is 29.0. The highest BCUT2D eigenvalue weighted by Crippen LogP contribution is 2.63. The number of carbonyl (C=O) groups excluding carboxylic acids is 3. The molecule has 0 spiro atoms. The van der Waals surface area contributed by atoms with Crippen LogP contribution in [0.2, 0.25) is 0 Å². The summed E-state index contributed by atoms with van der Waals surface area (Å²) >= 11 is 0. The topological polar surface area (TPSA) is 112 Å². The molecule has 3 aliphatic rings. The molecule has 1 saturated carbocycles. The summed E-state index contributed by atoms with van der Waals surface area (Å²) in [5.74, 6) is -0.334. The number of amides is 2. The van der Waals surface area contributed by atoms with E-state index >= 15 is 4.39 Å². The molecular weight excluding hydrogens is 515 g/mol. The molecule has 1 aliphatic carbocycles. The summed E-state index contributed by atoms with van der Waals surface area (Å²) in [5, 5.41) is 13.0. The Bertz CT molecular complexity index is 1300. The smallest absolute Gasteiger partial charge is 0.414 e. The number of fused-ring (bicyclic) bond motifs is 1. The van der Waals surface area contributed by atoms with E-state index in [2.05, 4.69) is 11.4 Å². The fourth-order valence-electron chi connectivity index (χ4n) is 5.66. The molecule has 212 valence electrons. The Hall–Kier alpha value is -3.97. The molecule has 3 fully saturated rings. The summed E-state index contributed by atoms with van der Waals surface area (Å²) in [6.45, 7) is 8.80. The standard InChI is InChI=1S/C28H31FN4O4.C2H4O/c1-27(2,3)37-25(34)32-14-22-23(15-32)28(22,16-30)18-7-5-17(6-8-18)21-10-9-19(11-24(21)29)33-13-20(12-31-4)36-26(33)35;1-2-3/h5-11,20,22-23,31H,12-15H2,1-4H3;2H,1H3/t20?,22-,23+,28?;. The molecule has 2 aromatic carbocycles. The van der Waals surface area contributed by atoms with Crippen LogP contribution in [0.25, 0.3) is 11.1 Å². The van der Waals surface area contributed by atoms with Crippen LogP contribution in [0.5, 0.6) is 0 Å². The van der Waals surface area contributed by atoms with Crippen molar-refractivity contribution in [1.82, 2.24) is 10.2 Å². The number of hydrogen-bond acceptors (Lipinski definition) is 7. The largest absolute Gasteiger partial charge is 0.444 e. The van der Waals surface area contributed by atoms with E-state index < -0.39 is 22.9 Å². The van der Waals surface area contributed by atoms with Gasteiger partial charge in [0, 0.05) is 37.0 Å². The maximum atomic E-state index is 15.1. The SMILES string of the molecule is CC=O.CNCC1CN(c2ccc(-c3ccc(C4(C#N)[C@@H]5CN(C(=O)OC(C)(C)C)C[C@@H]54)cc3)c(F)c2)C(=O)O1. The van der Waals surface area contributed by atoms with E-state index in [9.17, 15) is 14.9 Å². The summed E-state index contributed by atoms with van der Waals surface area (Å²) in [6, 6.07) is 14.6. The van der Waals surface area contributed by atoms with E-state index in [1.165, 1.54) is 17.9 Å². The molecule has 0 radical (unpaired) electrons. The van der Waals surface area contributed by atoms with Crippen LogP contribution in [-0.4, -0.2) is 68.3 Å². The van der Waals surface area contributed by atoms with Gasteiger partial charge in [-0.05, 0) is 64.1 Å². The third kappa shape index (κ3) is 5.52. The molecule has 5 rings (SSSR count). The number of aldehydes is 1. The third-order valence-corrected chi connectivity index (χ3v) is 7.46. The Morgan fingerprint density at radius 1 is 1.20 bits per heavy atom. The summed E-state index contributed by atoms with van der Waals surface area (Å²) < 4.78 is 25.9. The first-order chi connectivity index (χ1) is 19.0. The molecule has 2 aliphatic heterocycles. The minimum absolute atomic E-state index is 0.0545. The number of carbonyl (C=O) groups is 3. The summed E-state index contributed by atoms with van der Waals surface area (Å²) in [5.41, 5.74) is 1.22. The number of nitrogens with zero attached hydrogens (tertiary/aromatic N) is 3. The molecule has 0 aromatic heterocycles. The van der Waals surface area contributed by atoms with Crippen LogP contribution >= 0.6 is 0 Å². The van der Waals surface area contributed by atoms with Gasteiger partial charge >= 0.3 is 12.2 Å². The van der Waals surface area contributed by atoms with Gasteiger partial charge in [-0.3, -0.25) is 4.90 Å². The van der Waals surface area contributed by atoms with Crippen LogP contribution in [0, 0.1) is 29.0 Å². The second kappa shape index (κ2) is 11.3. The van der Waals surface area contributed by atoms with Gasteiger partial charge < -0.3 is 24.5 Å². The molecular formula is C30H35FN4O5. The Kier molecular flexibility index (Phi) is 8.17. The second-order valence-corrected chi connectivity index (χ2v) is 11.2. The molecule has 40 heavy (non-hydrogen) atoms. The first-order valence-electron chi connectivity index (χ1n) is 13.3. The quantitative estimate of drug-likeness (QED) is 0.546. The van der Waals surface area contributed by atoms with E-state index in [1.54, 1.807) is 24.1 Å². The van der Waals surface area contributed by atoms with Gasteiger partial charge in [-0.2, -0.15) is 5.26 Å². The lowest BCUT2D eigenvalue weighted by molar-refractivity contribution is -0.106. The number of hydrogen-bond donors (Lipinski definition) is 1. The molecule has 10 heteroatoms. The third-order valence-electron chi connectivity index (χ3n) is 7.46. The van der Waals surface area contributed by atoms with Gasteiger partial charge in [0.1, 0.15) is 23.8 Å². The molecule has 0 bridgehead atoms. The Balaban J connectivity index is 0.00000118. The van der Waals surface area contributed by atoms with Crippen molar-refractivity contribution in [2.75, 3.05) is 38.1 Å². The number of nitriles is 1. The lowest BCUT2D eigenvalue weighted by atomic mass is 9.90. The van der Waals surface area contributed by atoms with Crippen molar-refractivity contribution in [3.8, 4) is 17.2 Å². The molecule has 2 heterocycles. The van der Waals surface area contributed by atoms with Crippen molar-refractivity contribution in [3.63, 3.8) is 0 Å². The predicted octanol–water partition coefficient (Wildman–Crippen LogP) is 4.50. The molecule has 2 aromatic rings. The summed E-state index contributed by atoms with van der Waals surface area (Å²) in [7, 11) is 1.78. The van der Waals surface area contributed by atoms with Gasteiger partial charge in [0.15, 0.2) is 0 Å². The fourth-order valence-corrected chi connectivity index (χ4v) is 5.66. The van der Waals surface area contributed by atoms with Crippen LogP contribution < -0.4 is 10.2 Å². The number of likely N-dealkylation sites (tertiary alicyclic amines) is 1. The number of piperidine rings is 1. The monoisotopic (exact) mass is 550 g/mol. The number of cyclic esters (lactones) is 1. The second-order valence-electron chi connectivity index (χ2n) is 11.2. The summed E-state index contributed by atoms with van der Waals surface area (Å²) in [6.07, 6.45) is -0.363. The Morgan fingerprint density at radius 3 is 2.35 bits per heavy atom. The van der Waals surface area contributed by atoms with Crippen molar-refractivity contribution in [3.05, 3.63) is 53.8 Å². The molecule has 2 saturated heterocycles. The summed E-state index contributed by atoms with van der Waals surface area (Å²) in [4.78, 5) is 36.5. The van der Waals surface area contributed by atoms with Crippen molar-refractivity contribution < 1.29 is 28.2 Å². The zero-order valence-corrected chi connectivity index (χ0v) is 23.4. The van der Waals surface area contributed by atoms with Crippen LogP contribution in [0.4, 0.5) is 19.7 Å². The zero-order valence-electron chi connectivity index (χ0n) is 23.4. The number of anilines is 1. The minimum Gasteiger partial charge on any atom is -0.444 e. The fraction of sp³-hybridized carbons (Fsp3) is 0.467. The predicted molar refractivity (Wildman–Crippen MR) is 147 cm³/mol. The van der Waals surface area contributed by atoms with Gasteiger partial charge in [-0.1, -0.05) is 24.3 Å². The van der Waals surface area contributed by atoms with E-state index in [-0.39, 0.29) is 24.0 Å². The normalized spacial score (nSPS) is 24.8. The van der Waals surface area contributed by atoms with Gasteiger partial charge in [0.2, 0.25) is 0 Å². The molecule has 1 N–H and O–H groups in total. The number of nitrogens with one attached hydrogen (secondary N) is 1. The lowest BCUT2D eigenvalue weighted by Crippen LogP contribution is -2.38. The molecule has 4 atom stereocenters. The Labute approximate surface area is 233 Å². The highest BCUT2D eigenvalue weighted by molar-refractivity contribution is 5.90. The zero-order chi connectivity index (χ0) is 29.2. The average molecular weight is 551 g/mol. The van der Waals surface area contributed by atoms with Crippen LogP contribution in [-0.2, 0) is 19.7 Å². The van der Waals surface area contributed by atoms with Crippen LogP contribution in [0.15, 0.2) is 42.5 Å². The van der Waals surface area contributed by atoms with E-state index in [4.69, 9.17) is 14.3 Å². The lowest BCUT2D eigenvalue weighted by Gasteiger charge is -2.27. The van der Waals surface area contributed by atoms with E-state index in [0.717, 1.165) is 11.8 Å². The molecule has 2 amide bonds. The number of rotatable bonds is 5. The van der Waals surface area contributed by atoms with Gasteiger partial charge in [0.25, 0.3) is 0 Å². The number of halogens is 1.